The Balaban J connectivity index is 2.64. The van der Waals surface area contributed by atoms with Crippen molar-refractivity contribution in [1.29, 1.82) is 0 Å². The molecule has 1 rings (SSSR count). The van der Waals surface area contributed by atoms with Crippen LogP contribution in [0.5, 0.6) is 0 Å². The van der Waals surface area contributed by atoms with Crippen LogP contribution in [0.2, 0.25) is 0 Å². The van der Waals surface area contributed by atoms with Crippen molar-refractivity contribution in [1.82, 2.24) is 4.90 Å². The second kappa shape index (κ2) is 6.06. The van der Waals surface area contributed by atoms with Crippen LogP contribution in [-0.4, -0.2) is 25.0 Å². The lowest BCUT2D eigenvalue weighted by molar-refractivity contribution is 0.264. The van der Waals surface area contributed by atoms with E-state index in [9.17, 15) is 0 Å². The van der Waals surface area contributed by atoms with Gasteiger partial charge in [-0.05, 0) is 37.7 Å². The molecule has 0 aromatic heterocycles. The maximum atomic E-state index is 5.73. The summed E-state index contributed by atoms with van der Waals surface area (Å²) in [5.74, 6) is 0. The SMILES string of the molecule is CCCCN(C)CC(C)(C)c1ccc(N)cc1. The van der Waals surface area contributed by atoms with Gasteiger partial charge in [-0.2, -0.15) is 0 Å². The molecule has 17 heavy (non-hydrogen) atoms. The summed E-state index contributed by atoms with van der Waals surface area (Å²) in [7, 11) is 2.20. The lowest BCUT2D eigenvalue weighted by Gasteiger charge is -2.31. The van der Waals surface area contributed by atoms with Crippen molar-refractivity contribution in [3.8, 4) is 0 Å². The molecule has 0 amide bonds. The molecule has 0 fully saturated rings. The largest absolute Gasteiger partial charge is 0.399 e. The van der Waals surface area contributed by atoms with Crippen molar-refractivity contribution in [2.24, 2.45) is 0 Å². The maximum Gasteiger partial charge on any atom is 0.0314 e. The van der Waals surface area contributed by atoms with Crippen molar-refractivity contribution < 1.29 is 0 Å². The molecule has 2 heteroatoms. The first-order chi connectivity index (χ1) is 7.95. The van der Waals surface area contributed by atoms with Gasteiger partial charge in [-0.15, -0.1) is 0 Å². The van der Waals surface area contributed by atoms with Crippen LogP contribution in [0.15, 0.2) is 24.3 Å². The zero-order valence-electron chi connectivity index (χ0n) is 11.7. The summed E-state index contributed by atoms with van der Waals surface area (Å²) >= 11 is 0. The smallest absolute Gasteiger partial charge is 0.0314 e. The molecule has 0 aliphatic carbocycles. The van der Waals surface area contributed by atoms with Crippen molar-refractivity contribution >= 4 is 5.69 Å². The number of nitrogens with zero attached hydrogens (tertiary/aromatic N) is 1. The van der Waals surface area contributed by atoms with Crippen molar-refractivity contribution in [3.05, 3.63) is 29.8 Å². The molecule has 0 heterocycles. The third-order valence-electron chi connectivity index (χ3n) is 3.25. The van der Waals surface area contributed by atoms with Crippen LogP contribution in [0.1, 0.15) is 39.2 Å². The summed E-state index contributed by atoms with van der Waals surface area (Å²) in [6, 6.07) is 8.26. The molecule has 0 saturated carbocycles. The minimum atomic E-state index is 0.177. The van der Waals surface area contributed by atoms with Crippen molar-refractivity contribution in [2.75, 3.05) is 25.9 Å². The summed E-state index contributed by atoms with van der Waals surface area (Å²) in [5.41, 5.74) is 8.10. The number of unbranched alkanes of at least 4 members (excludes halogenated alkanes) is 1. The molecule has 0 aliphatic heterocycles. The number of nitrogens with two attached hydrogens (primary N) is 1. The molecule has 0 atom stereocenters. The lowest BCUT2D eigenvalue weighted by atomic mass is 9.84. The summed E-state index contributed by atoms with van der Waals surface area (Å²) in [5, 5.41) is 0. The maximum absolute atomic E-state index is 5.73. The minimum Gasteiger partial charge on any atom is -0.399 e. The molecule has 1 aromatic carbocycles. The molecule has 0 bridgehead atoms. The zero-order chi connectivity index (χ0) is 12.9. The van der Waals surface area contributed by atoms with Gasteiger partial charge in [0.05, 0.1) is 0 Å². The monoisotopic (exact) mass is 234 g/mol. The van der Waals surface area contributed by atoms with Crippen LogP contribution in [0.4, 0.5) is 5.69 Å². The number of nitrogen functional groups attached to an aromatic ring is 1. The molecule has 0 radical (unpaired) electrons. The van der Waals surface area contributed by atoms with E-state index in [-0.39, 0.29) is 5.41 Å². The van der Waals surface area contributed by atoms with Crippen molar-refractivity contribution in [2.45, 2.75) is 39.0 Å². The molecule has 96 valence electrons. The van der Waals surface area contributed by atoms with Gasteiger partial charge in [0.1, 0.15) is 0 Å². The van der Waals surface area contributed by atoms with Crippen LogP contribution >= 0.6 is 0 Å². The first kappa shape index (κ1) is 14.0. The Kier molecular flexibility index (Phi) is 5.01. The van der Waals surface area contributed by atoms with Gasteiger partial charge in [0.2, 0.25) is 0 Å². The molecule has 2 N–H and O–H groups in total. The first-order valence-electron chi connectivity index (χ1n) is 6.50. The molecule has 2 nitrogen and oxygen atoms in total. The highest BCUT2D eigenvalue weighted by Gasteiger charge is 2.22. The first-order valence-corrected chi connectivity index (χ1v) is 6.50. The lowest BCUT2D eigenvalue weighted by Crippen LogP contribution is -2.35. The van der Waals surface area contributed by atoms with Gasteiger partial charge in [-0.25, -0.2) is 0 Å². The highest BCUT2D eigenvalue weighted by molar-refractivity contribution is 5.41. The second-order valence-electron chi connectivity index (χ2n) is 5.60. The van der Waals surface area contributed by atoms with E-state index in [4.69, 9.17) is 5.73 Å². The van der Waals surface area contributed by atoms with E-state index in [2.05, 4.69) is 44.9 Å². The molecule has 0 saturated heterocycles. The Hall–Kier alpha value is -1.02. The van der Waals surface area contributed by atoms with Gasteiger partial charge in [0.15, 0.2) is 0 Å². The number of hydrogen-bond acceptors (Lipinski definition) is 2. The summed E-state index contributed by atoms with van der Waals surface area (Å²) in [6.07, 6.45) is 2.53. The summed E-state index contributed by atoms with van der Waals surface area (Å²) in [6.45, 7) is 9.08. The number of anilines is 1. The van der Waals surface area contributed by atoms with E-state index >= 15 is 0 Å². The standard InChI is InChI=1S/C15H26N2/c1-5-6-11-17(4)12-15(2,3)13-7-9-14(16)10-8-13/h7-10H,5-6,11-12,16H2,1-4H3. The molecular weight excluding hydrogens is 208 g/mol. The number of likely N-dealkylation sites (N-methyl/N-ethyl adjacent to an activating group) is 1. The predicted octanol–water partition coefficient (Wildman–Crippen LogP) is 3.28. The van der Waals surface area contributed by atoms with Gasteiger partial charge in [0.25, 0.3) is 0 Å². The van der Waals surface area contributed by atoms with E-state index in [1.54, 1.807) is 0 Å². The number of rotatable bonds is 6. The van der Waals surface area contributed by atoms with E-state index < -0.39 is 0 Å². The predicted molar refractivity (Wildman–Crippen MR) is 76.3 cm³/mol. The Morgan fingerprint density at radius 2 is 1.76 bits per heavy atom. The number of benzene rings is 1. The highest BCUT2D eigenvalue weighted by Crippen LogP contribution is 2.24. The van der Waals surface area contributed by atoms with Crippen molar-refractivity contribution in [3.63, 3.8) is 0 Å². The summed E-state index contributed by atoms with van der Waals surface area (Å²) < 4.78 is 0. The second-order valence-corrected chi connectivity index (χ2v) is 5.60. The van der Waals surface area contributed by atoms with Crippen LogP contribution in [0.3, 0.4) is 0 Å². The average molecular weight is 234 g/mol. The third kappa shape index (κ3) is 4.39. The molecular formula is C15H26N2. The van der Waals surface area contributed by atoms with Crippen LogP contribution in [0, 0.1) is 0 Å². The van der Waals surface area contributed by atoms with Gasteiger partial charge in [0, 0.05) is 17.6 Å². The van der Waals surface area contributed by atoms with Gasteiger partial charge in [-0.3, -0.25) is 0 Å². The van der Waals surface area contributed by atoms with E-state index in [0.717, 1.165) is 12.2 Å². The Bertz CT molecular complexity index is 327. The van der Waals surface area contributed by atoms with Gasteiger partial charge < -0.3 is 10.6 Å². The van der Waals surface area contributed by atoms with Crippen LogP contribution < -0.4 is 5.73 Å². The van der Waals surface area contributed by atoms with E-state index in [1.807, 2.05) is 12.1 Å². The molecule has 0 spiro atoms. The average Bonchev–Trinajstić information content (AvgIpc) is 2.26. The highest BCUT2D eigenvalue weighted by atomic mass is 15.1. The van der Waals surface area contributed by atoms with E-state index in [0.29, 0.717) is 0 Å². The number of hydrogen-bond donors (Lipinski definition) is 1. The van der Waals surface area contributed by atoms with E-state index in [1.165, 1.54) is 24.9 Å². The normalized spacial score (nSPS) is 12.1. The fraction of sp³-hybridized carbons (Fsp3) is 0.600. The molecule has 1 aromatic rings. The van der Waals surface area contributed by atoms with Crippen LogP contribution in [-0.2, 0) is 5.41 Å². The molecule has 0 unspecified atom stereocenters. The van der Waals surface area contributed by atoms with Crippen LogP contribution in [0.25, 0.3) is 0 Å². The topological polar surface area (TPSA) is 29.3 Å². The molecule has 0 aliphatic rings. The quantitative estimate of drug-likeness (QED) is 0.765. The van der Waals surface area contributed by atoms with Gasteiger partial charge in [-0.1, -0.05) is 39.3 Å². The third-order valence-corrected chi connectivity index (χ3v) is 3.25. The van der Waals surface area contributed by atoms with Gasteiger partial charge >= 0.3 is 0 Å². The Morgan fingerprint density at radius 3 is 2.29 bits per heavy atom. The fourth-order valence-electron chi connectivity index (χ4n) is 2.21. The zero-order valence-corrected chi connectivity index (χ0v) is 11.7. The fourth-order valence-corrected chi connectivity index (χ4v) is 2.21. The Labute approximate surface area is 106 Å². The summed E-state index contributed by atoms with van der Waals surface area (Å²) in [4.78, 5) is 2.42. The Morgan fingerprint density at radius 1 is 1.18 bits per heavy atom. The minimum absolute atomic E-state index is 0.177.